The standard InChI is InChI=1S/C22H30N2O4S/c1-7-21(22(25)23-17(4)20-12-11-15(2)13-16(20)3)24(29(6,26)27)18-9-8-10-19(14-18)28-5/h8-14,17,21H,7H2,1-6H3,(H,23,25)/t17-,21+/m1/s1. The molecule has 7 heteroatoms. The molecule has 0 spiro atoms. The van der Waals surface area contributed by atoms with Gasteiger partial charge in [-0.05, 0) is 50.5 Å². The highest BCUT2D eigenvalue weighted by molar-refractivity contribution is 7.92. The molecular weight excluding hydrogens is 388 g/mol. The van der Waals surface area contributed by atoms with Crippen LogP contribution >= 0.6 is 0 Å². The third kappa shape index (κ3) is 5.50. The first kappa shape index (κ1) is 22.7. The summed E-state index contributed by atoms with van der Waals surface area (Å²) in [5, 5.41) is 2.98. The van der Waals surface area contributed by atoms with Gasteiger partial charge in [0.2, 0.25) is 15.9 Å². The van der Waals surface area contributed by atoms with E-state index < -0.39 is 16.1 Å². The Labute approximate surface area is 173 Å². The number of methoxy groups -OCH3 is 1. The number of hydrogen-bond acceptors (Lipinski definition) is 4. The fourth-order valence-electron chi connectivity index (χ4n) is 3.51. The first-order chi connectivity index (χ1) is 13.6. The summed E-state index contributed by atoms with van der Waals surface area (Å²) in [6.07, 6.45) is 1.44. The summed E-state index contributed by atoms with van der Waals surface area (Å²) in [4.78, 5) is 13.1. The average Bonchev–Trinajstić information content (AvgIpc) is 2.64. The summed E-state index contributed by atoms with van der Waals surface area (Å²) < 4.78 is 31.6. The minimum absolute atomic E-state index is 0.246. The van der Waals surface area contributed by atoms with E-state index in [4.69, 9.17) is 4.74 Å². The Kier molecular flexibility index (Phi) is 7.30. The molecule has 0 aliphatic heterocycles. The number of amides is 1. The molecule has 1 N–H and O–H groups in total. The van der Waals surface area contributed by atoms with Gasteiger partial charge in [0.25, 0.3) is 0 Å². The summed E-state index contributed by atoms with van der Waals surface area (Å²) in [6.45, 7) is 7.72. The summed E-state index contributed by atoms with van der Waals surface area (Å²) in [6, 6.07) is 11.7. The largest absolute Gasteiger partial charge is 0.497 e. The SMILES string of the molecule is CC[C@@H](C(=O)N[C@H](C)c1ccc(C)cc1C)N(c1cccc(OC)c1)S(C)(=O)=O. The van der Waals surface area contributed by atoms with Crippen LogP contribution in [0.4, 0.5) is 5.69 Å². The van der Waals surface area contributed by atoms with Crippen LogP contribution in [0.2, 0.25) is 0 Å². The van der Waals surface area contributed by atoms with E-state index in [1.54, 1.807) is 31.2 Å². The molecule has 0 aliphatic rings. The Morgan fingerprint density at radius 2 is 1.86 bits per heavy atom. The first-order valence-electron chi connectivity index (χ1n) is 9.59. The Morgan fingerprint density at radius 3 is 2.41 bits per heavy atom. The number of aryl methyl sites for hydroxylation is 2. The van der Waals surface area contributed by atoms with Crippen molar-refractivity contribution in [3.8, 4) is 5.75 Å². The van der Waals surface area contributed by atoms with E-state index in [1.807, 2.05) is 32.9 Å². The van der Waals surface area contributed by atoms with Gasteiger partial charge in [-0.15, -0.1) is 0 Å². The number of ether oxygens (including phenoxy) is 1. The van der Waals surface area contributed by atoms with Crippen LogP contribution in [0.3, 0.4) is 0 Å². The molecule has 2 aromatic carbocycles. The van der Waals surface area contributed by atoms with Crippen molar-refractivity contribution in [2.24, 2.45) is 0 Å². The second-order valence-electron chi connectivity index (χ2n) is 7.27. The van der Waals surface area contributed by atoms with E-state index in [0.717, 1.165) is 22.9 Å². The summed E-state index contributed by atoms with van der Waals surface area (Å²) in [7, 11) is -2.18. The molecule has 0 radical (unpaired) electrons. The summed E-state index contributed by atoms with van der Waals surface area (Å²) >= 11 is 0. The monoisotopic (exact) mass is 418 g/mol. The number of carbonyl (C=O) groups excluding carboxylic acids is 1. The zero-order chi connectivity index (χ0) is 21.8. The molecule has 29 heavy (non-hydrogen) atoms. The van der Waals surface area contributed by atoms with Crippen molar-refractivity contribution in [1.29, 1.82) is 0 Å². The molecule has 0 aliphatic carbocycles. The lowest BCUT2D eigenvalue weighted by Gasteiger charge is -2.31. The van der Waals surface area contributed by atoms with Crippen molar-refractivity contribution < 1.29 is 17.9 Å². The average molecular weight is 419 g/mol. The van der Waals surface area contributed by atoms with Gasteiger partial charge in [-0.25, -0.2) is 8.42 Å². The second kappa shape index (κ2) is 9.31. The van der Waals surface area contributed by atoms with Crippen molar-refractivity contribution in [3.63, 3.8) is 0 Å². The molecule has 0 saturated carbocycles. The van der Waals surface area contributed by atoms with Gasteiger partial charge < -0.3 is 10.1 Å². The predicted molar refractivity (Wildman–Crippen MR) is 117 cm³/mol. The van der Waals surface area contributed by atoms with E-state index in [0.29, 0.717) is 17.9 Å². The van der Waals surface area contributed by atoms with E-state index >= 15 is 0 Å². The van der Waals surface area contributed by atoms with Crippen LogP contribution in [0.1, 0.15) is 43.0 Å². The van der Waals surface area contributed by atoms with Crippen LogP contribution in [0.5, 0.6) is 5.75 Å². The highest BCUT2D eigenvalue weighted by Gasteiger charge is 2.32. The molecule has 0 saturated heterocycles. The number of carbonyl (C=O) groups is 1. The number of sulfonamides is 1. The van der Waals surface area contributed by atoms with Gasteiger partial charge in [0.05, 0.1) is 25.1 Å². The third-order valence-corrected chi connectivity index (χ3v) is 6.07. The topological polar surface area (TPSA) is 75.7 Å². The van der Waals surface area contributed by atoms with Gasteiger partial charge in [0.15, 0.2) is 0 Å². The molecule has 0 bridgehead atoms. The Morgan fingerprint density at radius 1 is 1.17 bits per heavy atom. The highest BCUT2D eigenvalue weighted by atomic mass is 32.2. The maximum atomic E-state index is 13.1. The van der Waals surface area contributed by atoms with E-state index in [1.165, 1.54) is 11.4 Å². The molecule has 0 fully saturated rings. The van der Waals surface area contributed by atoms with Crippen molar-refractivity contribution in [1.82, 2.24) is 5.32 Å². The minimum atomic E-state index is -3.70. The van der Waals surface area contributed by atoms with Gasteiger partial charge in [0, 0.05) is 6.07 Å². The van der Waals surface area contributed by atoms with Gasteiger partial charge in [0.1, 0.15) is 11.8 Å². The molecule has 2 aromatic rings. The lowest BCUT2D eigenvalue weighted by molar-refractivity contribution is -0.122. The van der Waals surface area contributed by atoms with Crippen LogP contribution in [0, 0.1) is 13.8 Å². The van der Waals surface area contributed by atoms with Crippen LogP contribution in [-0.4, -0.2) is 33.7 Å². The van der Waals surface area contributed by atoms with Crippen LogP contribution in [0.25, 0.3) is 0 Å². The number of hydrogen-bond donors (Lipinski definition) is 1. The van der Waals surface area contributed by atoms with Crippen LogP contribution in [-0.2, 0) is 14.8 Å². The van der Waals surface area contributed by atoms with Gasteiger partial charge in [-0.1, -0.05) is 36.8 Å². The molecule has 0 heterocycles. The zero-order valence-electron chi connectivity index (χ0n) is 17.9. The molecule has 6 nitrogen and oxygen atoms in total. The Bertz CT molecular complexity index is 973. The number of rotatable bonds is 8. The maximum absolute atomic E-state index is 13.1. The second-order valence-corrected chi connectivity index (χ2v) is 9.13. The molecule has 0 aromatic heterocycles. The van der Waals surface area contributed by atoms with Gasteiger partial charge >= 0.3 is 0 Å². The van der Waals surface area contributed by atoms with E-state index in [-0.39, 0.29) is 11.9 Å². The maximum Gasteiger partial charge on any atom is 0.244 e. The van der Waals surface area contributed by atoms with Crippen LogP contribution in [0.15, 0.2) is 42.5 Å². The normalized spacial score (nSPS) is 13.4. The molecule has 0 unspecified atom stereocenters. The summed E-state index contributed by atoms with van der Waals surface area (Å²) in [5.41, 5.74) is 3.63. The van der Waals surface area contributed by atoms with E-state index in [2.05, 4.69) is 11.4 Å². The lowest BCUT2D eigenvalue weighted by Crippen LogP contribution is -2.49. The quantitative estimate of drug-likeness (QED) is 0.709. The molecular formula is C22H30N2O4S. The van der Waals surface area contributed by atoms with Crippen molar-refractivity contribution in [2.75, 3.05) is 17.7 Å². The summed E-state index contributed by atoms with van der Waals surface area (Å²) in [5.74, 6) is 0.184. The molecule has 2 atom stereocenters. The fourth-order valence-corrected chi connectivity index (χ4v) is 4.71. The van der Waals surface area contributed by atoms with Crippen molar-refractivity contribution in [2.45, 2.75) is 46.2 Å². The van der Waals surface area contributed by atoms with E-state index in [9.17, 15) is 13.2 Å². The van der Waals surface area contributed by atoms with Gasteiger partial charge in [-0.3, -0.25) is 9.10 Å². The van der Waals surface area contributed by atoms with Gasteiger partial charge in [-0.2, -0.15) is 0 Å². The van der Waals surface area contributed by atoms with Crippen molar-refractivity contribution >= 4 is 21.6 Å². The lowest BCUT2D eigenvalue weighted by atomic mass is 10.00. The number of nitrogens with one attached hydrogen (secondary N) is 1. The molecule has 158 valence electrons. The third-order valence-electron chi connectivity index (χ3n) is 4.89. The minimum Gasteiger partial charge on any atom is -0.497 e. The zero-order valence-corrected chi connectivity index (χ0v) is 18.7. The molecule has 1 amide bonds. The number of anilines is 1. The molecule has 2 rings (SSSR count). The Hall–Kier alpha value is -2.54. The highest BCUT2D eigenvalue weighted by Crippen LogP contribution is 2.27. The predicted octanol–water partition coefficient (Wildman–Crippen LogP) is 3.73. The number of benzene rings is 2. The first-order valence-corrected chi connectivity index (χ1v) is 11.4. The number of nitrogens with zero attached hydrogens (tertiary/aromatic N) is 1. The fraction of sp³-hybridized carbons (Fsp3) is 0.409. The van der Waals surface area contributed by atoms with Crippen LogP contribution < -0.4 is 14.4 Å². The Balaban J connectivity index is 2.35. The smallest absolute Gasteiger partial charge is 0.244 e. The van der Waals surface area contributed by atoms with Crippen molar-refractivity contribution in [3.05, 3.63) is 59.2 Å².